The molecule has 0 spiro atoms. The number of nitrogens with one attached hydrogen (secondary N) is 2. The monoisotopic (exact) mass is 346 g/mol. The standard InChI is InChI=1S/C18H22N2O3S/c1-13(3-4-14-5-7-16(23-2)8-6-14)20-17(21)11-19-18(22)15-9-10-24-12-15/h5-10,12-13H,3-4,11H2,1-2H3,(H,19,22)(H,20,21)/t13-/m1/s1. The highest BCUT2D eigenvalue weighted by atomic mass is 32.1. The Hall–Kier alpha value is -2.34. The minimum atomic E-state index is -0.225. The number of ether oxygens (including phenoxy) is 1. The van der Waals surface area contributed by atoms with Crippen LogP contribution in [0.1, 0.15) is 29.3 Å². The quantitative estimate of drug-likeness (QED) is 0.772. The van der Waals surface area contributed by atoms with Crippen LogP contribution in [0.4, 0.5) is 0 Å². The summed E-state index contributed by atoms with van der Waals surface area (Å²) in [6.07, 6.45) is 1.70. The van der Waals surface area contributed by atoms with Gasteiger partial charge >= 0.3 is 0 Å². The number of amides is 2. The van der Waals surface area contributed by atoms with Gasteiger partial charge in [0, 0.05) is 17.0 Å². The van der Waals surface area contributed by atoms with Crippen LogP contribution in [0, 0.1) is 0 Å². The largest absolute Gasteiger partial charge is 0.497 e. The highest BCUT2D eigenvalue weighted by Gasteiger charge is 2.10. The molecular weight excluding hydrogens is 324 g/mol. The van der Waals surface area contributed by atoms with Crippen molar-refractivity contribution in [2.24, 2.45) is 0 Å². The Kier molecular flexibility index (Phi) is 6.81. The maximum absolute atomic E-state index is 11.9. The van der Waals surface area contributed by atoms with Gasteiger partial charge in [0.25, 0.3) is 5.91 Å². The third kappa shape index (κ3) is 5.70. The first-order valence-electron chi connectivity index (χ1n) is 7.81. The van der Waals surface area contributed by atoms with Crippen LogP contribution < -0.4 is 15.4 Å². The van der Waals surface area contributed by atoms with Crippen LogP contribution in [-0.4, -0.2) is 31.5 Å². The molecule has 1 aromatic heterocycles. The van der Waals surface area contributed by atoms with Crippen LogP contribution in [0.25, 0.3) is 0 Å². The lowest BCUT2D eigenvalue weighted by Crippen LogP contribution is -2.41. The summed E-state index contributed by atoms with van der Waals surface area (Å²) in [6, 6.07) is 9.67. The molecule has 0 radical (unpaired) electrons. The van der Waals surface area contributed by atoms with E-state index in [1.54, 1.807) is 18.6 Å². The van der Waals surface area contributed by atoms with Crippen LogP contribution in [0.15, 0.2) is 41.1 Å². The average Bonchev–Trinajstić information content (AvgIpc) is 3.13. The van der Waals surface area contributed by atoms with Crippen molar-refractivity contribution in [2.75, 3.05) is 13.7 Å². The van der Waals surface area contributed by atoms with Gasteiger partial charge < -0.3 is 15.4 Å². The predicted molar refractivity (Wildman–Crippen MR) is 95.6 cm³/mol. The molecule has 1 atom stereocenters. The summed E-state index contributed by atoms with van der Waals surface area (Å²) in [7, 11) is 1.64. The van der Waals surface area contributed by atoms with Crippen molar-refractivity contribution in [3.63, 3.8) is 0 Å². The van der Waals surface area contributed by atoms with E-state index in [9.17, 15) is 9.59 Å². The molecule has 2 amide bonds. The van der Waals surface area contributed by atoms with Gasteiger partial charge in [0.2, 0.25) is 5.91 Å². The molecule has 6 heteroatoms. The fourth-order valence-electron chi connectivity index (χ4n) is 2.23. The molecule has 0 unspecified atom stereocenters. The Morgan fingerprint density at radius 2 is 1.96 bits per heavy atom. The van der Waals surface area contributed by atoms with Gasteiger partial charge in [-0.05, 0) is 48.9 Å². The molecule has 0 aliphatic carbocycles. The number of methoxy groups -OCH3 is 1. The minimum absolute atomic E-state index is 0.0123. The summed E-state index contributed by atoms with van der Waals surface area (Å²) < 4.78 is 5.13. The number of carbonyl (C=O) groups excluding carboxylic acids is 2. The van der Waals surface area contributed by atoms with E-state index in [-0.39, 0.29) is 24.4 Å². The SMILES string of the molecule is COc1ccc(CC[C@@H](C)NC(=O)CNC(=O)c2ccsc2)cc1. The summed E-state index contributed by atoms with van der Waals surface area (Å²) in [5.41, 5.74) is 1.78. The second-order valence-electron chi connectivity index (χ2n) is 5.55. The van der Waals surface area contributed by atoms with Gasteiger partial charge in [-0.2, -0.15) is 11.3 Å². The Balaban J connectivity index is 1.68. The number of rotatable bonds is 8. The van der Waals surface area contributed by atoms with Crippen molar-refractivity contribution >= 4 is 23.2 Å². The van der Waals surface area contributed by atoms with Gasteiger partial charge in [0.05, 0.1) is 13.7 Å². The Morgan fingerprint density at radius 1 is 1.21 bits per heavy atom. The number of hydrogen-bond acceptors (Lipinski definition) is 4. The van der Waals surface area contributed by atoms with E-state index in [0.29, 0.717) is 5.56 Å². The van der Waals surface area contributed by atoms with Gasteiger partial charge in [-0.25, -0.2) is 0 Å². The molecule has 2 rings (SSSR count). The van der Waals surface area contributed by atoms with Gasteiger partial charge in [-0.3, -0.25) is 9.59 Å². The number of carbonyl (C=O) groups is 2. The zero-order chi connectivity index (χ0) is 17.4. The highest BCUT2D eigenvalue weighted by molar-refractivity contribution is 7.08. The Labute approximate surface area is 146 Å². The number of hydrogen-bond donors (Lipinski definition) is 2. The molecule has 0 bridgehead atoms. The molecule has 0 saturated heterocycles. The molecule has 5 nitrogen and oxygen atoms in total. The molecule has 128 valence electrons. The third-order valence-corrected chi connectivity index (χ3v) is 4.31. The van der Waals surface area contributed by atoms with E-state index in [2.05, 4.69) is 10.6 Å². The summed E-state index contributed by atoms with van der Waals surface area (Å²) in [5, 5.41) is 9.10. The number of benzene rings is 1. The van der Waals surface area contributed by atoms with Crippen molar-refractivity contribution in [3.8, 4) is 5.75 Å². The van der Waals surface area contributed by atoms with E-state index in [1.165, 1.54) is 16.9 Å². The average molecular weight is 346 g/mol. The second kappa shape index (κ2) is 9.08. The topological polar surface area (TPSA) is 67.4 Å². The van der Waals surface area contributed by atoms with Crippen LogP contribution >= 0.6 is 11.3 Å². The molecule has 0 fully saturated rings. The lowest BCUT2D eigenvalue weighted by Gasteiger charge is -2.14. The van der Waals surface area contributed by atoms with Crippen molar-refractivity contribution < 1.29 is 14.3 Å². The zero-order valence-electron chi connectivity index (χ0n) is 13.9. The maximum atomic E-state index is 11.9. The molecule has 1 aromatic carbocycles. The smallest absolute Gasteiger partial charge is 0.252 e. The molecule has 0 saturated carbocycles. The van der Waals surface area contributed by atoms with E-state index in [4.69, 9.17) is 4.74 Å². The molecule has 0 aliphatic rings. The minimum Gasteiger partial charge on any atom is -0.497 e. The lowest BCUT2D eigenvalue weighted by atomic mass is 10.1. The van der Waals surface area contributed by atoms with E-state index in [0.717, 1.165) is 18.6 Å². The third-order valence-electron chi connectivity index (χ3n) is 3.63. The molecular formula is C18H22N2O3S. The van der Waals surface area contributed by atoms with Crippen molar-refractivity contribution in [1.82, 2.24) is 10.6 Å². The Morgan fingerprint density at radius 3 is 2.58 bits per heavy atom. The van der Waals surface area contributed by atoms with E-state index < -0.39 is 0 Å². The highest BCUT2D eigenvalue weighted by Crippen LogP contribution is 2.13. The second-order valence-corrected chi connectivity index (χ2v) is 6.33. The maximum Gasteiger partial charge on any atom is 0.252 e. The molecule has 2 aromatic rings. The summed E-state index contributed by atoms with van der Waals surface area (Å²) in [6.45, 7) is 1.95. The number of thiophene rings is 1. The first-order valence-corrected chi connectivity index (χ1v) is 8.75. The van der Waals surface area contributed by atoms with Gasteiger partial charge in [-0.15, -0.1) is 0 Å². The van der Waals surface area contributed by atoms with Crippen LogP contribution in [0.2, 0.25) is 0 Å². The fourth-order valence-corrected chi connectivity index (χ4v) is 2.87. The zero-order valence-corrected chi connectivity index (χ0v) is 14.7. The first-order chi connectivity index (χ1) is 11.6. The lowest BCUT2D eigenvalue weighted by molar-refractivity contribution is -0.120. The summed E-state index contributed by atoms with van der Waals surface area (Å²) >= 11 is 1.45. The fraction of sp³-hybridized carbons (Fsp3) is 0.333. The van der Waals surface area contributed by atoms with Gasteiger partial charge in [0.15, 0.2) is 0 Å². The molecule has 24 heavy (non-hydrogen) atoms. The van der Waals surface area contributed by atoms with E-state index >= 15 is 0 Å². The van der Waals surface area contributed by atoms with Crippen molar-refractivity contribution in [3.05, 3.63) is 52.2 Å². The van der Waals surface area contributed by atoms with Crippen LogP contribution in [0.5, 0.6) is 5.75 Å². The van der Waals surface area contributed by atoms with Gasteiger partial charge in [-0.1, -0.05) is 12.1 Å². The van der Waals surface area contributed by atoms with Crippen molar-refractivity contribution in [1.29, 1.82) is 0 Å². The predicted octanol–water partition coefficient (Wildman–Crippen LogP) is 2.62. The molecule has 0 aliphatic heterocycles. The number of aryl methyl sites for hydroxylation is 1. The summed E-state index contributed by atoms with van der Waals surface area (Å²) in [4.78, 5) is 23.6. The molecule has 2 N–H and O–H groups in total. The summed E-state index contributed by atoms with van der Waals surface area (Å²) in [5.74, 6) is 0.430. The normalized spacial score (nSPS) is 11.6. The van der Waals surface area contributed by atoms with Crippen LogP contribution in [-0.2, 0) is 11.2 Å². The van der Waals surface area contributed by atoms with Crippen molar-refractivity contribution in [2.45, 2.75) is 25.8 Å². The Bertz CT molecular complexity index is 653. The van der Waals surface area contributed by atoms with Crippen LogP contribution in [0.3, 0.4) is 0 Å². The molecule has 1 heterocycles. The first kappa shape index (κ1) is 18.0. The van der Waals surface area contributed by atoms with Gasteiger partial charge in [0.1, 0.15) is 5.75 Å². The van der Waals surface area contributed by atoms with E-state index in [1.807, 2.05) is 36.6 Å².